The average Bonchev–Trinajstić information content (AvgIpc) is 2.72. The molecule has 1 aromatic heterocycles. The molecule has 1 heterocycles. The number of amides is 1. The number of carbonyl (C=O) groups excluding carboxylic acids is 1. The molecular formula is C13H11BrClNO2. The minimum absolute atomic E-state index is 0.0954. The third-order valence-electron chi connectivity index (χ3n) is 2.56. The van der Waals surface area contributed by atoms with Gasteiger partial charge in [-0.25, -0.2) is 0 Å². The van der Waals surface area contributed by atoms with Crippen LogP contribution in [0.3, 0.4) is 0 Å². The van der Waals surface area contributed by atoms with Crippen molar-refractivity contribution in [1.82, 2.24) is 0 Å². The molecular weight excluding hydrogens is 318 g/mol. The Bertz CT molecular complexity index is 584. The summed E-state index contributed by atoms with van der Waals surface area (Å²) in [5.74, 6) is -0.283. The zero-order valence-corrected chi connectivity index (χ0v) is 12.2. The number of halogens is 2. The topological polar surface area (TPSA) is 42.2 Å². The van der Waals surface area contributed by atoms with Crippen LogP contribution in [0.2, 0.25) is 5.22 Å². The maximum Gasteiger partial charge on any atom is 0.260 e. The Morgan fingerprint density at radius 3 is 2.44 bits per heavy atom. The molecule has 0 saturated carbocycles. The molecule has 0 aliphatic carbocycles. The van der Waals surface area contributed by atoms with Gasteiger partial charge in [0.2, 0.25) is 5.22 Å². The first-order valence-corrected chi connectivity index (χ1v) is 6.47. The first-order valence-electron chi connectivity index (χ1n) is 5.30. The van der Waals surface area contributed by atoms with Gasteiger partial charge in [0, 0.05) is 10.2 Å². The normalized spacial score (nSPS) is 10.4. The van der Waals surface area contributed by atoms with Crippen molar-refractivity contribution in [3.05, 3.63) is 50.8 Å². The number of furan rings is 1. The van der Waals surface area contributed by atoms with Crippen LogP contribution in [0.15, 0.2) is 33.4 Å². The summed E-state index contributed by atoms with van der Waals surface area (Å²) in [5, 5.41) is 2.89. The second-order valence-electron chi connectivity index (χ2n) is 3.99. The van der Waals surface area contributed by atoms with E-state index in [0.717, 1.165) is 21.3 Å². The largest absolute Gasteiger partial charge is 0.452 e. The molecule has 2 aromatic rings. The van der Waals surface area contributed by atoms with Crippen LogP contribution < -0.4 is 5.32 Å². The minimum atomic E-state index is -0.283. The van der Waals surface area contributed by atoms with Crippen molar-refractivity contribution < 1.29 is 9.21 Å². The maximum absolute atomic E-state index is 11.9. The molecule has 0 fully saturated rings. The highest BCUT2D eigenvalue weighted by Gasteiger charge is 2.13. The first kappa shape index (κ1) is 13.2. The lowest BCUT2D eigenvalue weighted by atomic mass is 10.1. The van der Waals surface area contributed by atoms with Crippen molar-refractivity contribution in [2.75, 3.05) is 5.32 Å². The first-order chi connectivity index (χ1) is 8.49. The molecule has 0 bridgehead atoms. The van der Waals surface area contributed by atoms with Gasteiger partial charge >= 0.3 is 0 Å². The van der Waals surface area contributed by atoms with E-state index in [1.165, 1.54) is 12.3 Å². The summed E-state index contributed by atoms with van der Waals surface area (Å²) in [6.45, 7) is 3.94. The van der Waals surface area contributed by atoms with Crippen molar-refractivity contribution in [2.24, 2.45) is 0 Å². The molecule has 2 rings (SSSR count). The van der Waals surface area contributed by atoms with E-state index in [9.17, 15) is 4.79 Å². The standard InChI is InChI=1S/C13H11BrClNO2/c1-7-5-9(6-8(2)11(7)14)16-13(17)10-3-4-18-12(10)15/h3-6H,1-2H3,(H,16,17). The van der Waals surface area contributed by atoms with Crippen LogP contribution in [0.4, 0.5) is 5.69 Å². The third-order valence-corrected chi connectivity index (χ3v) is 4.10. The zero-order valence-electron chi connectivity index (χ0n) is 9.88. The van der Waals surface area contributed by atoms with Gasteiger partial charge in [-0.2, -0.15) is 0 Å². The second-order valence-corrected chi connectivity index (χ2v) is 5.12. The summed E-state index contributed by atoms with van der Waals surface area (Å²) in [6, 6.07) is 5.32. The van der Waals surface area contributed by atoms with Crippen LogP contribution in [-0.4, -0.2) is 5.91 Å². The van der Waals surface area contributed by atoms with E-state index in [1.807, 2.05) is 26.0 Å². The summed E-state index contributed by atoms with van der Waals surface area (Å²) in [4.78, 5) is 11.9. The number of anilines is 1. The molecule has 0 spiro atoms. The van der Waals surface area contributed by atoms with Crippen molar-refractivity contribution in [2.45, 2.75) is 13.8 Å². The van der Waals surface area contributed by atoms with E-state index < -0.39 is 0 Å². The smallest absolute Gasteiger partial charge is 0.260 e. The molecule has 94 valence electrons. The van der Waals surface area contributed by atoms with E-state index in [2.05, 4.69) is 21.2 Å². The van der Waals surface area contributed by atoms with E-state index in [4.69, 9.17) is 16.0 Å². The van der Waals surface area contributed by atoms with Gasteiger partial charge in [0.05, 0.1) is 11.8 Å². The maximum atomic E-state index is 11.9. The summed E-state index contributed by atoms with van der Waals surface area (Å²) in [7, 11) is 0. The quantitative estimate of drug-likeness (QED) is 0.877. The highest BCUT2D eigenvalue weighted by molar-refractivity contribution is 9.10. The highest BCUT2D eigenvalue weighted by atomic mass is 79.9. The Kier molecular flexibility index (Phi) is 3.78. The van der Waals surface area contributed by atoms with Crippen LogP contribution in [-0.2, 0) is 0 Å². The molecule has 0 aliphatic heterocycles. The lowest BCUT2D eigenvalue weighted by molar-refractivity contribution is 0.102. The Labute approximate surface area is 118 Å². The number of nitrogens with one attached hydrogen (secondary N) is 1. The Balaban J connectivity index is 2.25. The second kappa shape index (κ2) is 5.16. The fourth-order valence-electron chi connectivity index (χ4n) is 1.67. The van der Waals surface area contributed by atoms with Crippen LogP contribution in [0, 0.1) is 13.8 Å². The molecule has 1 amide bonds. The van der Waals surface area contributed by atoms with Crippen LogP contribution in [0.5, 0.6) is 0 Å². The lowest BCUT2D eigenvalue weighted by Crippen LogP contribution is -2.11. The van der Waals surface area contributed by atoms with Crippen molar-refractivity contribution in [3.8, 4) is 0 Å². The Hall–Kier alpha value is -1.26. The van der Waals surface area contributed by atoms with E-state index in [-0.39, 0.29) is 11.1 Å². The number of benzene rings is 1. The van der Waals surface area contributed by atoms with Gasteiger partial charge in [-0.15, -0.1) is 0 Å². The molecule has 5 heteroatoms. The number of aryl methyl sites for hydroxylation is 2. The van der Waals surface area contributed by atoms with Crippen molar-refractivity contribution >= 4 is 39.1 Å². The number of hydrogen-bond acceptors (Lipinski definition) is 2. The Morgan fingerprint density at radius 1 is 1.33 bits per heavy atom. The van der Waals surface area contributed by atoms with Crippen LogP contribution in [0.25, 0.3) is 0 Å². The number of hydrogen-bond donors (Lipinski definition) is 1. The van der Waals surface area contributed by atoms with Gasteiger partial charge < -0.3 is 9.73 Å². The summed E-state index contributed by atoms with van der Waals surface area (Å²) in [6.07, 6.45) is 1.38. The average molecular weight is 329 g/mol. The zero-order chi connectivity index (χ0) is 13.3. The highest BCUT2D eigenvalue weighted by Crippen LogP contribution is 2.26. The van der Waals surface area contributed by atoms with Crippen molar-refractivity contribution in [1.29, 1.82) is 0 Å². The monoisotopic (exact) mass is 327 g/mol. The molecule has 0 aliphatic rings. The predicted octanol–water partition coefficient (Wildman–Crippen LogP) is 4.56. The fraction of sp³-hybridized carbons (Fsp3) is 0.154. The van der Waals surface area contributed by atoms with Crippen molar-refractivity contribution in [3.63, 3.8) is 0 Å². The minimum Gasteiger partial charge on any atom is -0.452 e. The summed E-state index contributed by atoms with van der Waals surface area (Å²) >= 11 is 9.23. The van der Waals surface area contributed by atoms with Gasteiger partial charge in [0.15, 0.2) is 0 Å². The molecule has 0 saturated heterocycles. The van der Waals surface area contributed by atoms with E-state index >= 15 is 0 Å². The van der Waals surface area contributed by atoms with E-state index in [1.54, 1.807) is 0 Å². The van der Waals surface area contributed by atoms with Crippen LogP contribution >= 0.6 is 27.5 Å². The van der Waals surface area contributed by atoms with Gasteiger partial charge in [0.1, 0.15) is 0 Å². The lowest BCUT2D eigenvalue weighted by Gasteiger charge is -2.09. The van der Waals surface area contributed by atoms with Crippen LogP contribution in [0.1, 0.15) is 21.5 Å². The Morgan fingerprint density at radius 2 is 1.94 bits per heavy atom. The van der Waals surface area contributed by atoms with E-state index in [0.29, 0.717) is 5.56 Å². The molecule has 0 radical (unpaired) electrons. The number of rotatable bonds is 2. The fourth-order valence-corrected chi connectivity index (χ4v) is 2.10. The molecule has 0 atom stereocenters. The molecule has 1 N–H and O–H groups in total. The third kappa shape index (κ3) is 2.60. The summed E-state index contributed by atoms with van der Waals surface area (Å²) < 4.78 is 5.93. The molecule has 0 unspecified atom stereocenters. The van der Waals surface area contributed by atoms with Gasteiger partial charge in [0.25, 0.3) is 5.91 Å². The van der Waals surface area contributed by atoms with Gasteiger partial charge in [-0.3, -0.25) is 4.79 Å². The SMILES string of the molecule is Cc1cc(NC(=O)c2ccoc2Cl)cc(C)c1Br. The predicted molar refractivity (Wildman–Crippen MR) is 75.3 cm³/mol. The molecule has 3 nitrogen and oxygen atoms in total. The van der Waals surface area contributed by atoms with Gasteiger partial charge in [-0.05, 0) is 54.8 Å². The van der Waals surface area contributed by atoms with Gasteiger partial charge in [-0.1, -0.05) is 15.9 Å². The summed E-state index contributed by atoms with van der Waals surface area (Å²) in [5.41, 5.74) is 3.18. The molecule has 1 aromatic carbocycles. The number of carbonyl (C=O) groups is 1. The molecule has 18 heavy (non-hydrogen) atoms.